The van der Waals surface area contributed by atoms with Crippen molar-refractivity contribution >= 4 is 23.5 Å². The molecule has 7 nitrogen and oxygen atoms in total. The number of halogens is 1. The molecule has 1 aromatic rings. The number of nitrogens with zero attached hydrogens (tertiary/aromatic N) is 2. The van der Waals surface area contributed by atoms with Crippen molar-refractivity contribution in [2.45, 2.75) is 39.5 Å². The molecule has 8 heteroatoms. The number of nitrogens with one attached hydrogen (secondary N) is 2. The van der Waals surface area contributed by atoms with Crippen LogP contribution in [0, 0.1) is 0 Å². The van der Waals surface area contributed by atoms with Crippen molar-refractivity contribution in [3.05, 3.63) is 17.5 Å². The molecule has 0 bridgehead atoms. The van der Waals surface area contributed by atoms with Crippen LogP contribution in [-0.4, -0.2) is 41.0 Å². The normalized spacial score (nSPS) is 12.6. The zero-order valence-corrected chi connectivity index (χ0v) is 13.4. The Morgan fingerprint density at radius 2 is 2.10 bits per heavy atom. The predicted octanol–water partition coefficient (Wildman–Crippen LogP) is 2.43. The van der Waals surface area contributed by atoms with E-state index in [4.69, 9.17) is 21.1 Å². The lowest BCUT2D eigenvalue weighted by Crippen LogP contribution is -2.42. The molecule has 0 aliphatic carbocycles. The van der Waals surface area contributed by atoms with E-state index >= 15 is 0 Å². The molecule has 0 spiro atoms. The number of anilines is 1. The molecule has 1 unspecified atom stereocenters. The van der Waals surface area contributed by atoms with Crippen LogP contribution in [0.4, 0.5) is 10.6 Å². The van der Waals surface area contributed by atoms with E-state index < -0.39 is 12.4 Å². The fraction of sp³-hybridized carbons (Fsp3) is 0.615. The number of carbonyl (C=O) groups excluding carboxylic acids is 1. The summed E-state index contributed by atoms with van der Waals surface area (Å²) in [6.45, 7) is 8.13. The number of alkyl carbamates (subject to hydrolysis) is 1. The van der Waals surface area contributed by atoms with Gasteiger partial charge in [-0.2, -0.15) is 0 Å². The van der Waals surface area contributed by atoms with E-state index in [0.29, 0.717) is 24.1 Å². The lowest BCUT2D eigenvalue weighted by Gasteiger charge is -2.22. The molecule has 1 rings (SSSR count). The number of rotatable bonds is 6. The van der Waals surface area contributed by atoms with Crippen LogP contribution in [-0.2, 0) is 9.47 Å². The summed E-state index contributed by atoms with van der Waals surface area (Å²) in [7, 11) is 0. The van der Waals surface area contributed by atoms with E-state index in [9.17, 15) is 4.79 Å². The highest BCUT2D eigenvalue weighted by Crippen LogP contribution is 2.05. The molecular weight excluding hydrogens is 296 g/mol. The molecule has 2 N–H and O–H groups in total. The number of amides is 1. The highest BCUT2D eigenvalue weighted by Gasteiger charge is 2.16. The molecule has 1 aromatic heterocycles. The van der Waals surface area contributed by atoms with Gasteiger partial charge in [0.25, 0.3) is 0 Å². The molecule has 0 aromatic carbocycles. The van der Waals surface area contributed by atoms with Gasteiger partial charge in [-0.1, -0.05) is 11.6 Å². The fourth-order valence-electron chi connectivity index (χ4n) is 1.33. The summed E-state index contributed by atoms with van der Waals surface area (Å²) < 4.78 is 10.4. The van der Waals surface area contributed by atoms with E-state index in [1.165, 1.54) is 12.4 Å². The molecule has 0 aliphatic rings. The Morgan fingerprint density at radius 3 is 2.67 bits per heavy atom. The number of carbonyl (C=O) groups is 1. The van der Waals surface area contributed by atoms with Crippen molar-refractivity contribution in [2.24, 2.45) is 0 Å². The Hall–Kier alpha value is -1.60. The van der Waals surface area contributed by atoms with Crippen molar-refractivity contribution in [1.82, 2.24) is 15.3 Å². The first-order chi connectivity index (χ1) is 9.76. The van der Waals surface area contributed by atoms with Gasteiger partial charge in [0, 0.05) is 12.1 Å². The third-order valence-electron chi connectivity index (χ3n) is 2.13. The SMILES string of the molecule is CC(OCCNc1cnc(Cl)cn1)OC(=O)NC(C)(C)C. The lowest BCUT2D eigenvalue weighted by atomic mass is 10.1. The molecule has 1 heterocycles. The average molecular weight is 317 g/mol. The molecule has 0 saturated carbocycles. The average Bonchev–Trinajstić information content (AvgIpc) is 2.34. The minimum absolute atomic E-state index is 0.337. The summed E-state index contributed by atoms with van der Waals surface area (Å²) in [4.78, 5) is 19.4. The van der Waals surface area contributed by atoms with Gasteiger partial charge in [0.2, 0.25) is 6.29 Å². The monoisotopic (exact) mass is 316 g/mol. The highest BCUT2D eigenvalue weighted by molar-refractivity contribution is 6.29. The highest BCUT2D eigenvalue weighted by atomic mass is 35.5. The molecule has 0 saturated heterocycles. The van der Waals surface area contributed by atoms with E-state index in [-0.39, 0.29) is 5.54 Å². The summed E-state index contributed by atoms with van der Waals surface area (Å²) in [6, 6.07) is 0. The standard InChI is InChI=1S/C13H21ClN4O3/c1-9(21-12(19)18-13(2,3)4)20-6-5-15-11-8-16-10(14)7-17-11/h7-9H,5-6H2,1-4H3,(H,15,17)(H,18,19). The van der Waals surface area contributed by atoms with Crippen molar-refractivity contribution in [2.75, 3.05) is 18.5 Å². The summed E-state index contributed by atoms with van der Waals surface area (Å²) in [5.41, 5.74) is -0.342. The van der Waals surface area contributed by atoms with E-state index in [2.05, 4.69) is 20.6 Å². The van der Waals surface area contributed by atoms with Gasteiger partial charge in [-0.3, -0.25) is 0 Å². The van der Waals surface area contributed by atoms with Crippen molar-refractivity contribution < 1.29 is 14.3 Å². The number of aromatic nitrogens is 2. The lowest BCUT2D eigenvalue weighted by molar-refractivity contribution is -0.0888. The van der Waals surface area contributed by atoms with Crippen LogP contribution in [0.5, 0.6) is 0 Å². The van der Waals surface area contributed by atoms with Crippen molar-refractivity contribution in [3.63, 3.8) is 0 Å². The van der Waals surface area contributed by atoms with E-state index in [1.54, 1.807) is 6.92 Å². The smallest absolute Gasteiger partial charge is 0.409 e. The predicted molar refractivity (Wildman–Crippen MR) is 80.3 cm³/mol. The molecule has 0 fully saturated rings. The van der Waals surface area contributed by atoms with Gasteiger partial charge < -0.3 is 20.1 Å². The fourth-order valence-corrected chi connectivity index (χ4v) is 1.43. The van der Waals surface area contributed by atoms with Gasteiger partial charge in [-0.05, 0) is 27.7 Å². The maximum Gasteiger partial charge on any atom is 0.409 e. The summed E-state index contributed by atoms with van der Waals surface area (Å²) >= 11 is 5.63. The Kier molecular flexibility index (Phi) is 6.64. The molecule has 21 heavy (non-hydrogen) atoms. The number of hydrogen-bond acceptors (Lipinski definition) is 6. The van der Waals surface area contributed by atoms with Gasteiger partial charge in [0.15, 0.2) is 0 Å². The van der Waals surface area contributed by atoms with Gasteiger partial charge in [0.05, 0.1) is 19.0 Å². The van der Waals surface area contributed by atoms with Crippen LogP contribution in [0.25, 0.3) is 0 Å². The Bertz CT molecular complexity index is 448. The van der Waals surface area contributed by atoms with Crippen LogP contribution in [0.2, 0.25) is 5.15 Å². The van der Waals surface area contributed by atoms with Gasteiger partial charge in [-0.25, -0.2) is 14.8 Å². The minimum atomic E-state index is -0.634. The molecule has 1 atom stereocenters. The van der Waals surface area contributed by atoms with E-state index in [0.717, 1.165) is 0 Å². The third kappa shape index (κ3) is 8.31. The Labute approximate surface area is 129 Å². The quantitative estimate of drug-likeness (QED) is 0.619. The first kappa shape index (κ1) is 17.5. The maximum absolute atomic E-state index is 11.5. The third-order valence-corrected chi connectivity index (χ3v) is 2.33. The first-order valence-electron chi connectivity index (χ1n) is 6.58. The van der Waals surface area contributed by atoms with Crippen LogP contribution in [0.3, 0.4) is 0 Å². The van der Waals surface area contributed by atoms with Crippen LogP contribution < -0.4 is 10.6 Å². The topological polar surface area (TPSA) is 85.4 Å². The first-order valence-corrected chi connectivity index (χ1v) is 6.96. The molecule has 0 radical (unpaired) electrons. The van der Waals surface area contributed by atoms with Crippen molar-refractivity contribution in [1.29, 1.82) is 0 Å². The minimum Gasteiger partial charge on any atom is -0.420 e. The van der Waals surface area contributed by atoms with Crippen LogP contribution >= 0.6 is 11.6 Å². The Morgan fingerprint density at radius 1 is 1.38 bits per heavy atom. The summed E-state index contributed by atoms with van der Waals surface area (Å²) in [6.07, 6.45) is 1.84. The van der Waals surface area contributed by atoms with Crippen LogP contribution in [0.15, 0.2) is 12.4 Å². The van der Waals surface area contributed by atoms with Gasteiger partial charge >= 0.3 is 6.09 Å². The molecule has 118 valence electrons. The van der Waals surface area contributed by atoms with Gasteiger partial charge in [-0.15, -0.1) is 0 Å². The zero-order valence-electron chi connectivity index (χ0n) is 12.6. The van der Waals surface area contributed by atoms with Crippen LogP contribution in [0.1, 0.15) is 27.7 Å². The van der Waals surface area contributed by atoms with Gasteiger partial charge in [0.1, 0.15) is 11.0 Å². The Balaban J connectivity index is 2.17. The van der Waals surface area contributed by atoms with Crippen molar-refractivity contribution in [3.8, 4) is 0 Å². The maximum atomic E-state index is 11.5. The second-order valence-electron chi connectivity index (χ2n) is 5.37. The summed E-state index contributed by atoms with van der Waals surface area (Å²) in [5.74, 6) is 0.599. The molecule has 0 aliphatic heterocycles. The zero-order chi connectivity index (χ0) is 15.9. The largest absolute Gasteiger partial charge is 0.420 e. The molecule has 1 amide bonds. The number of hydrogen-bond donors (Lipinski definition) is 2. The molecular formula is C13H21ClN4O3. The second kappa shape index (κ2) is 7.99. The van der Waals surface area contributed by atoms with E-state index in [1.807, 2.05) is 20.8 Å². The second-order valence-corrected chi connectivity index (χ2v) is 5.76. The number of ether oxygens (including phenoxy) is 2. The summed E-state index contributed by atoms with van der Waals surface area (Å²) in [5, 5.41) is 6.03.